The average Bonchev–Trinajstić information content (AvgIpc) is 1.96. The molecule has 0 aromatic rings. The van der Waals surface area contributed by atoms with Gasteiger partial charge in [0.05, 0.1) is 5.60 Å². The van der Waals surface area contributed by atoms with Gasteiger partial charge in [0.25, 0.3) is 0 Å². The molecule has 0 unspecified atom stereocenters. The smallest absolute Gasteiger partial charge is 0.100 e. The third-order valence-electron chi connectivity index (χ3n) is 2.16. The van der Waals surface area contributed by atoms with Crippen LogP contribution in [-0.4, -0.2) is 16.9 Å². The molecule has 2 heteroatoms. The first-order chi connectivity index (χ1) is 4.66. The molecule has 1 fully saturated rings. The topological polar surface area (TPSA) is 20.2 Å². The van der Waals surface area contributed by atoms with Gasteiger partial charge in [-0.25, -0.2) is 4.39 Å². The standard InChI is InChI=1S/C8H13FO/c1-2-8(10)5-3-7(9)4-6-8/h2,7,10H,1,3-6H2. The summed E-state index contributed by atoms with van der Waals surface area (Å²) >= 11 is 0. The maximum absolute atomic E-state index is 12.5. The maximum atomic E-state index is 12.5. The summed E-state index contributed by atoms with van der Waals surface area (Å²) in [6.45, 7) is 3.51. The molecule has 0 atom stereocenters. The van der Waals surface area contributed by atoms with Crippen molar-refractivity contribution in [1.29, 1.82) is 0 Å². The molecule has 0 aromatic carbocycles. The van der Waals surface area contributed by atoms with Crippen molar-refractivity contribution >= 4 is 0 Å². The predicted octanol–water partition coefficient (Wildman–Crippen LogP) is 1.82. The number of rotatable bonds is 1. The van der Waals surface area contributed by atoms with Gasteiger partial charge < -0.3 is 5.11 Å². The minimum atomic E-state index is -0.775. The molecule has 58 valence electrons. The Morgan fingerprint density at radius 1 is 1.50 bits per heavy atom. The van der Waals surface area contributed by atoms with Crippen LogP contribution >= 0.6 is 0 Å². The fourth-order valence-electron chi connectivity index (χ4n) is 1.29. The van der Waals surface area contributed by atoms with Gasteiger partial charge in [0.2, 0.25) is 0 Å². The quantitative estimate of drug-likeness (QED) is 0.556. The van der Waals surface area contributed by atoms with E-state index in [1.54, 1.807) is 0 Å². The van der Waals surface area contributed by atoms with Gasteiger partial charge in [-0.1, -0.05) is 6.08 Å². The fraction of sp³-hybridized carbons (Fsp3) is 0.750. The summed E-state index contributed by atoms with van der Waals surface area (Å²) in [5.41, 5.74) is -0.775. The zero-order chi connectivity index (χ0) is 7.61. The van der Waals surface area contributed by atoms with Crippen LogP contribution in [0.5, 0.6) is 0 Å². The fourth-order valence-corrected chi connectivity index (χ4v) is 1.29. The highest BCUT2D eigenvalue weighted by atomic mass is 19.1. The highest BCUT2D eigenvalue weighted by Gasteiger charge is 2.29. The van der Waals surface area contributed by atoms with Crippen molar-refractivity contribution in [2.75, 3.05) is 0 Å². The van der Waals surface area contributed by atoms with Gasteiger partial charge in [0.1, 0.15) is 6.17 Å². The number of halogens is 1. The van der Waals surface area contributed by atoms with E-state index in [2.05, 4.69) is 6.58 Å². The Bertz CT molecular complexity index is 125. The van der Waals surface area contributed by atoms with Crippen LogP contribution in [0.4, 0.5) is 4.39 Å². The highest BCUT2D eigenvalue weighted by Crippen LogP contribution is 2.30. The summed E-state index contributed by atoms with van der Waals surface area (Å²) in [5, 5.41) is 9.51. The minimum absolute atomic E-state index is 0.475. The lowest BCUT2D eigenvalue weighted by atomic mass is 9.84. The van der Waals surface area contributed by atoms with Crippen LogP contribution in [0.1, 0.15) is 25.7 Å². The van der Waals surface area contributed by atoms with E-state index in [0.717, 1.165) is 0 Å². The van der Waals surface area contributed by atoms with Gasteiger partial charge in [0.15, 0.2) is 0 Å². The summed E-state index contributed by atoms with van der Waals surface area (Å²) in [6, 6.07) is 0. The molecular weight excluding hydrogens is 131 g/mol. The molecule has 1 nitrogen and oxygen atoms in total. The van der Waals surface area contributed by atoms with Gasteiger partial charge in [-0.2, -0.15) is 0 Å². The lowest BCUT2D eigenvalue weighted by Crippen LogP contribution is -2.31. The number of aliphatic hydroxyl groups is 1. The molecule has 0 bridgehead atoms. The predicted molar refractivity (Wildman–Crippen MR) is 38.5 cm³/mol. The van der Waals surface area contributed by atoms with Crippen LogP contribution in [0, 0.1) is 0 Å². The molecule has 1 aliphatic carbocycles. The second-order valence-electron chi connectivity index (χ2n) is 2.98. The zero-order valence-electron chi connectivity index (χ0n) is 6.02. The van der Waals surface area contributed by atoms with Crippen molar-refractivity contribution in [3.63, 3.8) is 0 Å². The first-order valence-corrected chi connectivity index (χ1v) is 3.66. The maximum Gasteiger partial charge on any atom is 0.100 e. The molecule has 0 heterocycles. The van der Waals surface area contributed by atoms with Crippen molar-refractivity contribution in [3.8, 4) is 0 Å². The monoisotopic (exact) mass is 144 g/mol. The minimum Gasteiger partial charge on any atom is -0.386 e. The van der Waals surface area contributed by atoms with E-state index < -0.39 is 11.8 Å². The molecule has 1 aliphatic rings. The second kappa shape index (κ2) is 2.70. The largest absolute Gasteiger partial charge is 0.386 e. The van der Waals surface area contributed by atoms with Crippen molar-refractivity contribution in [3.05, 3.63) is 12.7 Å². The molecule has 1 rings (SSSR count). The molecular formula is C8H13FO. The van der Waals surface area contributed by atoms with Crippen LogP contribution < -0.4 is 0 Å². The van der Waals surface area contributed by atoms with Gasteiger partial charge in [-0.05, 0) is 25.7 Å². The number of hydrogen-bond acceptors (Lipinski definition) is 1. The summed E-state index contributed by atoms with van der Waals surface area (Å²) in [4.78, 5) is 0. The van der Waals surface area contributed by atoms with Crippen LogP contribution in [0.3, 0.4) is 0 Å². The third-order valence-corrected chi connectivity index (χ3v) is 2.16. The molecule has 1 N–H and O–H groups in total. The summed E-state index contributed by atoms with van der Waals surface area (Å²) < 4.78 is 12.5. The van der Waals surface area contributed by atoms with Crippen molar-refractivity contribution in [2.24, 2.45) is 0 Å². The van der Waals surface area contributed by atoms with E-state index in [-0.39, 0.29) is 0 Å². The normalized spacial score (nSPS) is 41.2. The van der Waals surface area contributed by atoms with Crippen LogP contribution in [0.25, 0.3) is 0 Å². The summed E-state index contributed by atoms with van der Waals surface area (Å²) in [5.74, 6) is 0. The van der Waals surface area contributed by atoms with Gasteiger partial charge in [-0.3, -0.25) is 0 Å². The third kappa shape index (κ3) is 1.57. The molecule has 0 spiro atoms. The molecule has 0 saturated heterocycles. The molecule has 0 aromatic heterocycles. The summed E-state index contributed by atoms with van der Waals surface area (Å²) in [6.07, 6.45) is 2.82. The number of alkyl halides is 1. The van der Waals surface area contributed by atoms with Gasteiger partial charge in [-0.15, -0.1) is 6.58 Å². The lowest BCUT2D eigenvalue weighted by molar-refractivity contribution is 0.0275. The Morgan fingerprint density at radius 2 is 2.00 bits per heavy atom. The molecule has 1 saturated carbocycles. The Morgan fingerprint density at radius 3 is 2.40 bits per heavy atom. The van der Waals surface area contributed by atoms with E-state index in [1.807, 2.05) is 0 Å². The van der Waals surface area contributed by atoms with Crippen LogP contribution in [0.2, 0.25) is 0 Å². The van der Waals surface area contributed by atoms with Crippen LogP contribution in [-0.2, 0) is 0 Å². The van der Waals surface area contributed by atoms with Crippen LogP contribution in [0.15, 0.2) is 12.7 Å². The average molecular weight is 144 g/mol. The molecule has 0 radical (unpaired) electrons. The van der Waals surface area contributed by atoms with E-state index in [4.69, 9.17) is 0 Å². The Hall–Kier alpha value is -0.370. The Labute approximate surface area is 60.6 Å². The summed E-state index contributed by atoms with van der Waals surface area (Å²) in [7, 11) is 0. The first-order valence-electron chi connectivity index (χ1n) is 3.66. The van der Waals surface area contributed by atoms with Crippen molar-refractivity contribution in [2.45, 2.75) is 37.5 Å². The second-order valence-corrected chi connectivity index (χ2v) is 2.98. The lowest BCUT2D eigenvalue weighted by Gasteiger charge is -2.30. The van der Waals surface area contributed by atoms with E-state index >= 15 is 0 Å². The van der Waals surface area contributed by atoms with Crippen molar-refractivity contribution < 1.29 is 9.50 Å². The molecule has 0 aliphatic heterocycles. The molecule has 0 amide bonds. The van der Waals surface area contributed by atoms with Gasteiger partial charge in [0, 0.05) is 0 Å². The first kappa shape index (κ1) is 7.73. The number of hydrogen-bond donors (Lipinski definition) is 1. The van der Waals surface area contributed by atoms with Crippen molar-refractivity contribution in [1.82, 2.24) is 0 Å². The molecule has 10 heavy (non-hydrogen) atoms. The zero-order valence-corrected chi connectivity index (χ0v) is 6.02. The van der Waals surface area contributed by atoms with E-state index in [1.165, 1.54) is 6.08 Å². The van der Waals surface area contributed by atoms with E-state index in [9.17, 15) is 9.50 Å². The van der Waals surface area contributed by atoms with Gasteiger partial charge >= 0.3 is 0 Å². The Kier molecular flexibility index (Phi) is 2.09. The Balaban J connectivity index is 2.46. The highest BCUT2D eigenvalue weighted by molar-refractivity contribution is 4.98. The SMILES string of the molecule is C=CC1(O)CCC(F)CC1. The van der Waals surface area contributed by atoms with E-state index in [0.29, 0.717) is 25.7 Å².